The number of ether oxygens (including phenoxy) is 1. The van der Waals surface area contributed by atoms with Gasteiger partial charge in [0.15, 0.2) is 0 Å². The van der Waals surface area contributed by atoms with Gasteiger partial charge in [-0.15, -0.1) is 24.8 Å². The Morgan fingerprint density at radius 1 is 1.04 bits per heavy atom. The highest BCUT2D eigenvalue weighted by molar-refractivity contribution is 5.85. The van der Waals surface area contributed by atoms with Gasteiger partial charge in [0.05, 0.1) is 6.10 Å². The lowest BCUT2D eigenvalue weighted by Crippen LogP contribution is -2.45. The van der Waals surface area contributed by atoms with Crippen molar-refractivity contribution in [1.29, 1.82) is 0 Å². The number of nitrogens with one attached hydrogen (secondary N) is 1. The van der Waals surface area contributed by atoms with Gasteiger partial charge in [-0.05, 0) is 38.0 Å². The molecule has 0 spiro atoms. The van der Waals surface area contributed by atoms with Crippen LogP contribution in [0.4, 0.5) is 0 Å². The van der Waals surface area contributed by atoms with E-state index in [4.69, 9.17) is 4.74 Å². The maximum Gasteiger partial charge on any atom is 0.119 e. The van der Waals surface area contributed by atoms with Crippen LogP contribution in [-0.4, -0.2) is 37.2 Å². The molecule has 140 valence electrons. The minimum atomic E-state index is 0. The highest BCUT2D eigenvalue weighted by Crippen LogP contribution is 2.28. The molecule has 5 heteroatoms. The number of unbranched alkanes of at least 4 members (excludes halogenated alkanes) is 2. The van der Waals surface area contributed by atoms with E-state index < -0.39 is 0 Å². The molecule has 0 unspecified atom stereocenters. The zero-order valence-corrected chi connectivity index (χ0v) is 16.9. The van der Waals surface area contributed by atoms with E-state index in [0.29, 0.717) is 6.04 Å². The maximum atomic E-state index is 5.77. The Morgan fingerprint density at radius 2 is 1.67 bits per heavy atom. The molecule has 2 rings (SSSR count). The minimum absolute atomic E-state index is 0. The number of piperazine rings is 1. The first-order valence-corrected chi connectivity index (χ1v) is 8.92. The van der Waals surface area contributed by atoms with Crippen LogP contribution in [0.5, 0.6) is 5.75 Å². The predicted molar refractivity (Wildman–Crippen MR) is 108 cm³/mol. The van der Waals surface area contributed by atoms with E-state index in [2.05, 4.69) is 55.3 Å². The third kappa shape index (κ3) is 7.60. The van der Waals surface area contributed by atoms with Crippen LogP contribution in [0.1, 0.15) is 58.1 Å². The number of rotatable bonds is 8. The molecule has 1 fully saturated rings. The van der Waals surface area contributed by atoms with E-state index in [1.165, 1.54) is 31.2 Å². The fraction of sp³-hybridized carbons (Fsp3) is 0.684. The summed E-state index contributed by atoms with van der Waals surface area (Å²) in [5.74, 6) is 0.978. The second-order valence-corrected chi connectivity index (χ2v) is 6.53. The average Bonchev–Trinajstić information content (AvgIpc) is 2.53. The molecule has 1 heterocycles. The van der Waals surface area contributed by atoms with E-state index in [0.717, 1.165) is 31.9 Å². The van der Waals surface area contributed by atoms with Crippen LogP contribution < -0.4 is 10.1 Å². The first-order valence-electron chi connectivity index (χ1n) is 8.92. The fourth-order valence-corrected chi connectivity index (χ4v) is 3.18. The number of hydrogen-bond donors (Lipinski definition) is 1. The Labute approximate surface area is 160 Å². The Bertz CT molecular complexity index is 420. The van der Waals surface area contributed by atoms with Crippen LogP contribution in [-0.2, 0) is 0 Å². The summed E-state index contributed by atoms with van der Waals surface area (Å²) in [6.07, 6.45) is 5.43. The highest BCUT2D eigenvalue weighted by atomic mass is 35.5. The van der Waals surface area contributed by atoms with E-state index in [1.54, 1.807) is 0 Å². The van der Waals surface area contributed by atoms with Crippen LogP contribution in [0.3, 0.4) is 0 Å². The van der Waals surface area contributed by atoms with Crippen molar-refractivity contribution >= 4 is 24.8 Å². The fourth-order valence-electron chi connectivity index (χ4n) is 3.18. The molecule has 0 aromatic heterocycles. The molecular weight excluding hydrogens is 343 g/mol. The molecule has 1 aromatic rings. The molecule has 1 aromatic carbocycles. The summed E-state index contributed by atoms with van der Waals surface area (Å²) in [5.41, 5.74) is 1.44. The quantitative estimate of drug-likeness (QED) is 0.656. The molecular formula is C19H34Cl2N2O. The molecule has 3 nitrogen and oxygen atoms in total. The lowest BCUT2D eigenvalue weighted by Gasteiger charge is -2.35. The standard InChI is InChI=1S/C19H32N2O.2ClH/c1-4-5-6-7-19(21-14-12-20-13-15-21)17-8-10-18(11-9-17)22-16(2)3;;/h8-11,16,19-20H,4-7,12-15H2,1-3H3;2*1H/t19-;;/m0../s1. The summed E-state index contributed by atoms with van der Waals surface area (Å²) in [6, 6.07) is 9.34. The van der Waals surface area contributed by atoms with Crippen LogP contribution >= 0.6 is 24.8 Å². The molecule has 1 saturated heterocycles. The van der Waals surface area contributed by atoms with Crippen molar-refractivity contribution in [2.75, 3.05) is 26.2 Å². The predicted octanol–water partition coefficient (Wildman–Crippen LogP) is 4.84. The first-order chi connectivity index (χ1) is 10.7. The van der Waals surface area contributed by atoms with Crippen molar-refractivity contribution in [1.82, 2.24) is 10.2 Å². The zero-order valence-electron chi connectivity index (χ0n) is 15.3. The van der Waals surface area contributed by atoms with Gasteiger partial charge in [-0.1, -0.05) is 38.3 Å². The number of nitrogens with zero attached hydrogens (tertiary/aromatic N) is 1. The normalized spacial score (nSPS) is 16.2. The van der Waals surface area contributed by atoms with E-state index in [9.17, 15) is 0 Å². The van der Waals surface area contributed by atoms with E-state index in [-0.39, 0.29) is 30.9 Å². The summed E-state index contributed by atoms with van der Waals surface area (Å²) in [7, 11) is 0. The van der Waals surface area contributed by atoms with Gasteiger partial charge in [0.25, 0.3) is 0 Å². The van der Waals surface area contributed by atoms with Crippen molar-refractivity contribution < 1.29 is 4.74 Å². The van der Waals surface area contributed by atoms with Gasteiger partial charge in [0.1, 0.15) is 5.75 Å². The lowest BCUT2D eigenvalue weighted by atomic mass is 9.98. The summed E-state index contributed by atoms with van der Waals surface area (Å²) >= 11 is 0. The molecule has 0 saturated carbocycles. The summed E-state index contributed by atoms with van der Waals surface area (Å²) in [5, 5.41) is 3.46. The van der Waals surface area contributed by atoms with Crippen molar-refractivity contribution in [3.63, 3.8) is 0 Å². The summed E-state index contributed by atoms with van der Waals surface area (Å²) in [4.78, 5) is 2.64. The Hall–Kier alpha value is -0.480. The average molecular weight is 377 g/mol. The zero-order chi connectivity index (χ0) is 15.8. The van der Waals surface area contributed by atoms with Crippen LogP contribution in [0.2, 0.25) is 0 Å². The smallest absolute Gasteiger partial charge is 0.119 e. The second kappa shape index (κ2) is 12.8. The van der Waals surface area contributed by atoms with Gasteiger partial charge in [-0.25, -0.2) is 0 Å². The van der Waals surface area contributed by atoms with Gasteiger partial charge >= 0.3 is 0 Å². The first kappa shape index (κ1) is 23.5. The Kier molecular flexibility index (Phi) is 12.6. The van der Waals surface area contributed by atoms with Crippen LogP contribution in [0, 0.1) is 0 Å². The molecule has 24 heavy (non-hydrogen) atoms. The topological polar surface area (TPSA) is 24.5 Å². The van der Waals surface area contributed by atoms with Crippen molar-refractivity contribution in [3.05, 3.63) is 29.8 Å². The molecule has 0 aliphatic carbocycles. The molecule has 1 aliphatic heterocycles. The summed E-state index contributed by atoms with van der Waals surface area (Å²) < 4.78 is 5.77. The van der Waals surface area contributed by atoms with E-state index >= 15 is 0 Å². The minimum Gasteiger partial charge on any atom is -0.491 e. The largest absolute Gasteiger partial charge is 0.491 e. The van der Waals surface area contributed by atoms with Gasteiger partial charge < -0.3 is 10.1 Å². The third-order valence-corrected chi connectivity index (χ3v) is 4.31. The monoisotopic (exact) mass is 376 g/mol. The number of benzene rings is 1. The van der Waals surface area contributed by atoms with Crippen molar-refractivity contribution in [3.8, 4) is 5.75 Å². The van der Waals surface area contributed by atoms with Gasteiger partial charge in [0, 0.05) is 32.2 Å². The van der Waals surface area contributed by atoms with Gasteiger partial charge in [-0.3, -0.25) is 4.90 Å². The maximum absolute atomic E-state index is 5.77. The Balaban J connectivity index is 0.00000264. The van der Waals surface area contributed by atoms with E-state index in [1.807, 2.05) is 0 Å². The van der Waals surface area contributed by atoms with Crippen molar-refractivity contribution in [2.24, 2.45) is 0 Å². The second-order valence-electron chi connectivity index (χ2n) is 6.53. The number of halogens is 2. The van der Waals surface area contributed by atoms with Crippen molar-refractivity contribution in [2.45, 2.75) is 58.6 Å². The molecule has 0 bridgehead atoms. The van der Waals surface area contributed by atoms with Gasteiger partial charge in [0.2, 0.25) is 0 Å². The Morgan fingerprint density at radius 3 is 2.21 bits per heavy atom. The number of hydrogen-bond acceptors (Lipinski definition) is 3. The van der Waals surface area contributed by atoms with Crippen LogP contribution in [0.25, 0.3) is 0 Å². The van der Waals surface area contributed by atoms with Gasteiger partial charge in [-0.2, -0.15) is 0 Å². The van der Waals surface area contributed by atoms with Crippen LogP contribution in [0.15, 0.2) is 24.3 Å². The lowest BCUT2D eigenvalue weighted by molar-refractivity contribution is 0.162. The molecule has 0 amide bonds. The molecule has 1 N–H and O–H groups in total. The summed E-state index contributed by atoms with van der Waals surface area (Å²) in [6.45, 7) is 10.9. The molecule has 0 radical (unpaired) electrons. The third-order valence-electron chi connectivity index (χ3n) is 4.31. The SMILES string of the molecule is CCCCC[C@@H](c1ccc(OC(C)C)cc1)N1CCNCC1.Cl.Cl. The molecule has 1 aliphatic rings. The molecule has 1 atom stereocenters. The highest BCUT2D eigenvalue weighted by Gasteiger charge is 2.21.